The summed E-state index contributed by atoms with van der Waals surface area (Å²) in [4.78, 5) is 6.10. The van der Waals surface area contributed by atoms with Crippen LogP contribution in [0, 0.1) is 5.92 Å². The van der Waals surface area contributed by atoms with E-state index in [1.54, 1.807) is 12.5 Å². The molecule has 0 bridgehead atoms. The van der Waals surface area contributed by atoms with Crippen molar-refractivity contribution in [3.05, 3.63) is 48.5 Å². The molecule has 1 aliphatic heterocycles. The summed E-state index contributed by atoms with van der Waals surface area (Å²) in [5.74, 6) is 0.476. The van der Waals surface area contributed by atoms with Gasteiger partial charge in [-0.15, -0.1) is 0 Å². The third-order valence-corrected chi connectivity index (χ3v) is 6.96. The number of likely N-dealkylation sites (tertiary alicyclic amines) is 1. The van der Waals surface area contributed by atoms with Crippen LogP contribution in [0.5, 0.6) is 5.75 Å². The predicted octanol–water partition coefficient (Wildman–Crippen LogP) is 0.646. The average molecular weight is 409 g/mol. The van der Waals surface area contributed by atoms with Gasteiger partial charge in [0.05, 0.1) is 24.7 Å². The number of aliphatic hydroxyl groups excluding tert-OH is 1. The zero-order valence-electron chi connectivity index (χ0n) is 16.3. The fourth-order valence-corrected chi connectivity index (χ4v) is 4.52. The van der Waals surface area contributed by atoms with Gasteiger partial charge in [-0.3, -0.25) is 4.90 Å². The van der Waals surface area contributed by atoms with E-state index in [0.717, 1.165) is 11.3 Å². The number of hydrogen-bond acceptors (Lipinski definition) is 6. The normalized spacial score (nSPS) is 20.7. The zero-order valence-corrected chi connectivity index (χ0v) is 17.1. The molecule has 2 atom stereocenters. The minimum absolute atomic E-state index is 0.0410. The summed E-state index contributed by atoms with van der Waals surface area (Å²) in [6.45, 7) is 2.84. The Morgan fingerprint density at radius 2 is 2.07 bits per heavy atom. The highest BCUT2D eigenvalue weighted by Gasteiger charge is 2.35. The summed E-state index contributed by atoms with van der Waals surface area (Å²) in [6, 6.07) is 7.83. The average Bonchev–Trinajstić information content (AvgIpc) is 3.26. The molecule has 2 aromatic rings. The van der Waals surface area contributed by atoms with Crippen LogP contribution >= 0.6 is 0 Å². The summed E-state index contributed by atoms with van der Waals surface area (Å²) < 4.78 is 33.4. The van der Waals surface area contributed by atoms with E-state index in [1.807, 2.05) is 35.0 Å². The van der Waals surface area contributed by atoms with E-state index in [2.05, 4.69) is 9.88 Å². The molecule has 154 valence electrons. The molecule has 0 unspecified atom stereocenters. The molecule has 1 aliphatic rings. The smallest absolute Gasteiger partial charge is 0.214 e. The first-order chi connectivity index (χ1) is 13.3. The standard InChI is InChI=1S/C19H28N4O4S/c1-21(2)28(25,26)14-17-12-23(13-18(17)24)11-16-5-3-4-6-19(16)27-10-9-22-8-7-20-15-22/h3-8,15,17-18,24H,9-14H2,1-2H3/t17-,18-/m0/s1. The Balaban J connectivity index is 1.58. The van der Waals surface area contributed by atoms with Crippen molar-refractivity contribution < 1.29 is 18.3 Å². The van der Waals surface area contributed by atoms with E-state index in [1.165, 1.54) is 18.4 Å². The molecule has 0 spiro atoms. The monoisotopic (exact) mass is 408 g/mol. The van der Waals surface area contributed by atoms with Gasteiger partial charge in [0, 0.05) is 57.6 Å². The van der Waals surface area contributed by atoms with E-state index >= 15 is 0 Å². The van der Waals surface area contributed by atoms with Crippen LogP contribution in [0.25, 0.3) is 0 Å². The van der Waals surface area contributed by atoms with Gasteiger partial charge in [0.15, 0.2) is 0 Å². The van der Waals surface area contributed by atoms with Crippen LogP contribution in [-0.4, -0.2) is 77.9 Å². The molecule has 1 saturated heterocycles. The number of para-hydroxylation sites is 1. The number of hydrogen-bond donors (Lipinski definition) is 1. The molecule has 1 fully saturated rings. The fraction of sp³-hybridized carbons (Fsp3) is 0.526. The molecule has 2 heterocycles. The number of nitrogens with zero attached hydrogens (tertiary/aromatic N) is 4. The van der Waals surface area contributed by atoms with Gasteiger partial charge in [0.1, 0.15) is 12.4 Å². The number of ether oxygens (including phenoxy) is 1. The minimum atomic E-state index is -3.34. The molecule has 1 aromatic carbocycles. The lowest BCUT2D eigenvalue weighted by atomic mass is 10.1. The highest BCUT2D eigenvalue weighted by Crippen LogP contribution is 2.25. The van der Waals surface area contributed by atoms with Gasteiger partial charge in [-0.25, -0.2) is 17.7 Å². The topological polar surface area (TPSA) is 87.9 Å². The first-order valence-electron chi connectivity index (χ1n) is 9.32. The first kappa shape index (κ1) is 20.8. The van der Waals surface area contributed by atoms with Crippen LogP contribution in [0.2, 0.25) is 0 Å². The van der Waals surface area contributed by atoms with Crippen LogP contribution in [0.3, 0.4) is 0 Å². The molecule has 0 radical (unpaired) electrons. The lowest BCUT2D eigenvalue weighted by Gasteiger charge is -2.19. The fourth-order valence-electron chi connectivity index (χ4n) is 3.35. The lowest BCUT2D eigenvalue weighted by molar-refractivity contribution is 0.148. The Morgan fingerprint density at radius 3 is 2.79 bits per heavy atom. The van der Waals surface area contributed by atoms with Crippen LogP contribution in [0.1, 0.15) is 5.56 Å². The lowest BCUT2D eigenvalue weighted by Crippen LogP contribution is -2.33. The van der Waals surface area contributed by atoms with Gasteiger partial charge >= 0.3 is 0 Å². The zero-order chi connectivity index (χ0) is 20.1. The number of aliphatic hydroxyl groups is 1. The maximum Gasteiger partial charge on any atom is 0.214 e. The second-order valence-corrected chi connectivity index (χ2v) is 9.57. The maximum atomic E-state index is 12.1. The largest absolute Gasteiger partial charge is 0.491 e. The molecule has 8 nitrogen and oxygen atoms in total. The van der Waals surface area contributed by atoms with E-state index in [0.29, 0.717) is 32.8 Å². The summed E-state index contributed by atoms with van der Waals surface area (Å²) in [5, 5.41) is 10.3. The molecule has 28 heavy (non-hydrogen) atoms. The predicted molar refractivity (Wildman–Crippen MR) is 106 cm³/mol. The van der Waals surface area contributed by atoms with E-state index in [4.69, 9.17) is 4.74 Å². The van der Waals surface area contributed by atoms with Crippen molar-refractivity contribution in [3.63, 3.8) is 0 Å². The van der Waals surface area contributed by atoms with Crippen molar-refractivity contribution >= 4 is 10.0 Å². The quantitative estimate of drug-likeness (QED) is 0.655. The summed E-state index contributed by atoms with van der Waals surface area (Å²) in [7, 11) is -0.299. The SMILES string of the molecule is CN(C)S(=O)(=O)C[C@@H]1CN(Cc2ccccc2OCCn2ccnc2)C[C@@H]1O. The molecule has 9 heteroatoms. The Morgan fingerprint density at radius 1 is 1.29 bits per heavy atom. The Hall–Kier alpha value is -1.94. The van der Waals surface area contributed by atoms with E-state index in [9.17, 15) is 13.5 Å². The molecule has 1 N–H and O–H groups in total. The Bertz CT molecular complexity index is 855. The molecule has 0 aliphatic carbocycles. The van der Waals surface area contributed by atoms with Crippen molar-refractivity contribution in [2.45, 2.75) is 19.2 Å². The van der Waals surface area contributed by atoms with E-state index < -0.39 is 16.1 Å². The van der Waals surface area contributed by atoms with Gasteiger partial charge in [-0.2, -0.15) is 0 Å². The maximum absolute atomic E-state index is 12.1. The highest BCUT2D eigenvalue weighted by atomic mass is 32.2. The van der Waals surface area contributed by atoms with Crippen molar-refractivity contribution in [2.24, 2.45) is 5.92 Å². The second kappa shape index (κ2) is 9.04. The van der Waals surface area contributed by atoms with Crippen molar-refractivity contribution in [1.29, 1.82) is 0 Å². The molecule has 0 saturated carbocycles. The van der Waals surface area contributed by atoms with Gasteiger partial charge in [-0.1, -0.05) is 18.2 Å². The van der Waals surface area contributed by atoms with Crippen molar-refractivity contribution in [3.8, 4) is 5.75 Å². The number of β-amino-alcohol motifs (C(OH)–C–C–N with tert-alkyl or cyclic N) is 1. The Labute approximate surface area is 166 Å². The van der Waals surface area contributed by atoms with Crippen molar-refractivity contribution in [2.75, 3.05) is 39.5 Å². The molecule has 3 rings (SSSR count). The third-order valence-electron chi connectivity index (χ3n) is 5.00. The minimum Gasteiger partial charge on any atom is -0.491 e. The molecular formula is C19H28N4O4S. The summed E-state index contributed by atoms with van der Waals surface area (Å²) >= 11 is 0. The molecule has 1 aromatic heterocycles. The number of aromatic nitrogens is 2. The summed E-state index contributed by atoms with van der Waals surface area (Å²) in [5.41, 5.74) is 1.02. The Kier molecular flexibility index (Phi) is 6.71. The van der Waals surface area contributed by atoms with Gasteiger partial charge in [-0.05, 0) is 6.07 Å². The van der Waals surface area contributed by atoms with Crippen LogP contribution < -0.4 is 4.74 Å². The number of rotatable bonds is 9. The van der Waals surface area contributed by atoms with Crippen molar-refractivity contribution in [1.82, 2.24) is 18.8 Å². The second-order valence-electron chi connectivity index (χ2n) is 7.34. The van der Waals surface area contributed by atoms with Crippen LogP contribution in [0.4, 0.5) is 0 Å². The third kappa shape index (κ3) is 5.32. The first-order valence-corrected chi connectivity index (χ1v) is 10.9. The van der Waals surface area contributed by atoms with Crippen LogP contribution in [0.15, 0.2) is 43.0 Å². The van der Waals surface area contributed by atoms with Gasteiger partial charge in [0.2, 0.25) is 10.0 Å². The summed E-state index contributed by atoms with van der Waals surface area (Å²) in [6.07, 6.45) is 4.73. The number of benzene rings is 1. The van der Waals surface area contributed by atoms with E-state index in [-0.39, 0.29) is 11.7 Å². The highest BCUT2D eigenvalue weighted by molar-refractivity contribution is 7.89. The molecule has 0 amide bonds. The van der Waals surface area contributed by atoms with Crippen LogP contribution in [-0.2, 0) is 23.1 Å². The number of sulfonamides is 1. The molecular weight excluding hydrogens is 380 g/mol. The van der Waals surface area contributed by atoms with Gasteiger partial charge in [0.25, 0.3) is 0 Å². The van der Waals surface area contributed by atoms with Gasteiger partial charge < -0.3 is 14.4 Å². The number of imidazole rings is 1.